The molecule has 0 heterocycles. The van der Waals surface area contributed by atoms with Gasteiger partial charge in [0.2, 0.25) is 0 Å². The van der Waals surface area contributed by atoms with Gasteiger partial charge in [-0.25, -0.2) is 4.79 Å². The number of nitrogens with zero attached hydrogens (tertiary/aromatic N) is 1. The maximum Gasteiger partial charge on any atom is 0.335 e. The third-order valence-electron chi connectivity index (χ3n) is 2.52. The van der Waals surface area contributed by atoms with Gasteiger partial charge in [-0.05, 0) is 64.0 Å². The maximum absolute atomic E-state index is 10.9. The van der Waals surface area contributed by atoms with Crippen molar-refractivity contribution in [3.63, 3.8) is 0 Å². The van der Waals surface area contributed by atoms with Crippen molar-refractivity contribution < 1.29 is 9.90 Å². The number of carboxylic acids is 1. The summed E-state index contributed by atoms with van der Waals surface area (Å²) in [6.45, 7) is 0. The van der Waals surface area contributed by atoms with Gasteiger partial charge in [-0.15, -0.1) is 0 Å². The lowest BCUT2D eigenvalue weighted by molar-refractivity contribution is 0.0697. The van der Waals surface area contributed by atoms with E-state index in [0.29, 0.717) is 5.56 Å². The fourth-order valence-electron chi connectivity index (χ4n) is 1.64. The third-order valence-corrected chi connectivity index (χ3v) is 3.46. The topological polar surface area (TPSA) is 61.1 Å². The van der Waals surface area contributed by atoms with E-state index in [1.54, 1.807) is 30.3 Å². The number of hydrogen-bond acceptors (Lipinski definition) is 2. The van der Waals surface area contributed by atoms with Crippen molar-refractivity contribution in [1.29, 1.82) is 5.26 Å². The molecule has 0 amide bonds. The Bertz CT molecular complexity index is 659. The van der Waals surface area contributed by atoms with Crippen LogP contribution in [-0.2, 0) is 0 Å². The molecular formula is C14H8INO2. The van der Waals surface area contributed by atoms with Crippen LogP contribution in [0.1, 0.15) is 15.9 Å². The summed E-state index contributed by atoms with van der Waals surface area (Å²) in [4.78, 5) is 10.9. The molecule has 0 aliphatic rings. The smallest absolute Gasteiger partial charge is 0.335 e. The van der Waals surface area contributed by atoms with Gasteiger partial charge in [0.05, 0.1) is 17.2 Å². The van der Waals surface area contributed by atoms with Gasteiger partial charge >= 0.3 is 5.97 Å². The van der Waals surface area contributed by atoms with Gasteiger partial charge in [0, 0.05) is 3.57 Å². The lowest BCUT2D eigenvalue weighted by Crippen LogP contribution is -1.96. The van der Waals surface area contributed by atoms with E-state index in [1.807, 2.05) is 12.1 Å². The molecule has 3 nitrogen and oxygen atoms in total. The average molecular weight is 349 g/mol. The average Bonchev–Trinajstić information content (AvgIpc) is 2.39. The third kappa shape index (κ3) is 2.51. The highest BCUT2D eigenvalue weighted by molar-refractivity contribution is 14.1. The molecule has 0 saturated heterocycles. The molecule has 18 heavy (non-hydrogen) atoms. The fraction of sp³-hybridized carbons (Fsp3) is 0. The van der Waals surface area contributed by atoms with Crippen molar-refractivity contribution in [3.05, 3.63) is 57.2 Å². The first-order valence-corrected chi connectivity index (χ1v) is 6.23. The summed E-state index contributed by atoms with van der Waals surface area (Å²) in [5.41, 5.74) is 2.48. The standard InChI is InChI=1S/C14H8INO2/c15-13-5-4-9(8-16)6-12(13)10-2-1-3-11(7-10)14(17)18/h1-7H,(H,17,18). The molecule has 0 radical (unpaired) electrons. The van der Waals surface area contributed by atoms with E-state index in [9.17, 15) is 4.79 Å². The number of aromatic carboxylic acids is 1. The van der Waals surface area contributed by atoms with Crippen molar-refractivity contribution >= 4 is 28.6 Å². The highest BCUT2D eigenvalue weighted by atomic mass is 127. The number of carboxylic acid groups (broad SMARTS) is 1. The molecule has 2 rings (SSSR count). The summed E-state index contributed by atoms with van der Waals surface area (Å²) in [5, 5.41) is 17.9. The summed E-state index contributed by atoms with van der Waals surface area (Å²) in [7, 11) is 0. The summed E-state index contributed by atoms with van der Waals surface area (Å²) in [5.74, 6) is -0.955. The van der Waals surface area contributed by atoms with E-state index in [1.165, 1.54) is 0 Å². The SMILES string of the molecule is N#Cc1ccc(I)c(-c2cccc(C(=O)O)c2)c1. The van der Waals surface area contributed by atoms with Crippen molar-refractivity contribution in [3.8, 4) is 17.2 Å². The minimum atomic E-state index is -0.955. The van der Waals surface area contributed by atoms with Gasteiger partial charge in [-0.3, -0.25) is 0 Å². The molecule has 1 N–H and O–H groups in total. The first kappa shape index (κ1) is 12.6. The predicted molar refractivity (Wildman–Crippen MR) is 76.3 cm³/mol. The molecule has 2 aromatic rings. The monoisotopic (exact) mass is 349 g/mol. The van der Waals surface area contributed by atoms with Crippen LogP contribution in [0.5, 0.6) is 0 Å². The molecule has 2 aromatic carbocycles. The molecule has 0 aliphatic carbocycles. The lowest BCUT2D eigenvalue weighted by Gasteiger charge is -2.06. The van der Waals surface area contributed by atoms with Crippen LogP contribution in [0.15, 0.2) is 42.5 Å². The van der Waals surface area contributed by atoms with Crippen LogP contribution in [-0.4, -0.2) is 11.1 Å². The molecule has 0 saturated carbocycles. The molecule has 0 spiro atoms. The molecule has 0 aromatic heterocycles. The van der Waals surface area contributed by atoms with Crippen molar-refractivity contribution in [2.45, 2.75) is 0 Å². The molecule has 88 valence electrons. The Morgan fingerprint density at radius 1 is 1.22 bits per heavy atom. The van der Waals surface area contributed by atoms with Crippen LogP contribution in [0, 0.1) is 14.9 Å². The summed E-state index contributed by atoms with van der Waals surface area (Å²) in [6.07, 6.45) is 0. The molecule has 0 fully saturated rings. The highest BCUT2D eigenvalue weighted by Crippen LogP contribution is 2.27. The van der Waals surface area contributed by atoms with E-state index < -0.39 is 5.97 Å². The van der Waals surface area contributed by atoms with Gasteiger partial charge < -0.3 is 5.11 Å². The molecule has 0 aliphatic heterocycles. The second kappa shape index (κ2) is 5.19. The number of rotatable bonds is 2. The van der Waals surface area contributed by atoms with Crippen LogP contribution in [0.25, 0.3) is 11.1 Å². The van der Waals surface area contributed by atoms with Crippen molar-refractivity contribution in [2.75, 3.05) is 0 Å². The van der Waals surface area contributed by atoms with Gasteiger partial charge in [0.15, 0.2) is 0 Å². The zero-order valence-corrected chi connectivity index (χ0v) is 11.4. The molecular weight excluding hydrogens is 341 g/mol. The molecule has 4 heteroatoms. The second-order valence-corrected chi connectivity index (χ2v) is 4.85. The maximum atomic E-state index is 10.9. The minimum absolute atomic E-state index is 0.241. The zero-order valence-electron chi connectivity index (χ0n) is 9.22. The lowest BCUT2D eigenvalue weighted by atomic mass is 10.0. The Balaban J connectivity index is 2.58. The van der Waals surface area contributed by atoms with Gasteiger partial charge in [-0.2, -0.15) is 5.26 Å². The predicted octanol–water partition coefficient (Wildman–Crippen LogP) is 3.53. The van der Waals surface area contributed by atoms with E-state index in [2.05, 4.69) is 28.7 Å². The Hall–Kier alpha value is -1.87. The fourth-order valence-corrected chi connectivity index (χ4v) is 2.28. The Morgan fingerprint density at radius 3 is 2.67 bits per heavy atom. The molecule has 0 bridgehead atoms. The van der Waals surface area contributed by atoms with Crippen LogP contribution >= 0.6 is 22.6 Å². The first-order chi connectivity index (χ1) is 8.61. The van der Waals surface area contributed by atoms with Gasteiger partial charge in [-0.1, -0.05) is 12.1 Å². The minimum Gasteiger partial charge on any atom is -0.478 e. The Labute approximate surface area is 118 Å². The normalized spacial score (nSPS) is 9.78. The largest absolute Gasteiger partial charge is 0.478 e. The van der Waals surface area contributed by atoms with E-state index in [-0.39, 0.29) is 5.56 Å². The van der Waals surface area contributed by atoms with E-state index >= 15 is 0 Å². The number of benzene rings is 2. The van der Waals surface area contributed by atoms with Crippen molar-refractivity contribution in [2.24, 2.45) is 0 Å². The number of nitriles is 1. The Kier molecular flexibility index (Phi) is 3.63. The summed E-state index contributed by atoms with van der Waals surface area (Å²) >= 11 is 2.17. The van der Waals surface area contributed by atoms with Crippen LogP contribution in [0.2, 0.25) is 0 Å². The molecule has 0 unspecified atom stereocenters. The van der Waals surface area contributed by atoms with Crippen LogP contribution in [0.4, 0.5) is 0 Å². The first-order valence-electron chi connectivity index (χ1n) is 5.15. The second-order valence-electron chi connectivity index (χ2n) is 3.69. The highest BCUT2D eigenvalue weighted by Gasteiger charge is 2.08. The number of halogens is 1. The summed E-state index contributed by atoms with van der Waals surface area (Å²) in [6, 6.07) is 14.1. The van der Waals surface area contributed by atoms with Crippen LogP contribution in [0.3, 0.4) is 0 Å². The van der Waals surface area contributed by atoms with E-state index in [0.717, 1.165) is 14.7 Å². The Morgan fingerprint density at radius 2 is 2.00 bits per heavy atom. The van der Waals surface area contributed by atoms with Gasteiger partial charge in [0.1, 0.15) is 0 Å². The van der Waals surface area contributed by atoms with Crippen molar-refractivity contribution in [1.82, 2.24) is 0 Å². The van der Waals surface area contributed by atoms with Crippen LogP contribution < -0.4 is 0 Å². The number of hydrogen-bond donors (Lipinski definition) is 1. The quantitative estimate of drug-likeness (QED) is 0.844. The van der Waals surface area contributed by atoms with Gasteiger partial charge in [0.25, 0.3) is 0 Å². The number of carbonyl (C=O) groups is 1. The molecule has 0 atom stereocenters. The zero-order chi connectivity index (χ0) is 13.1. The van der Waals surface area contributed by atoms with E-state index in [4.69, 9.17) is 10.4 Å². The summed E-state index contributed by atoms with van der Waals surface area (Å²) < 4.78 is 0.981.